The van der Waals surface area contributed by atoms with E-state index in [0.717, 1.165) is 9.87 Å². The van der Waals surface area contributed by atoms with Gasteiger partial charge in [0.2, 0.25) is 0 Å². The number of fused-ring (bicyclic) bond motifs is 1. The number of rotatable bonds is 5. The molecule has 0 amide bonds. The summed E-state index contributed by atoms with van der Waals surface area (Å²) in [5.41, 5.74) is 0.506. The summed E-state index contributed by atoms with van der Waals surface area (Å²) in [4.78, 5) is 15.2. The van der Waals surface area contributed by atoms with Crippen LogP contribution in [0.2, 0.25) is 0 Å². The highest BCUT2D eigenvalue weighted by Crippen LogP contribution is 2.30. The summed E-state index contributed by atoms with van der Waals surface area (Å²) in [6.45, 7) is 5.46. The largest absolute Gasteiger partial charge is 0.480 e. The van der Waals surface area contributed by atoms with Crippen molar-refractivity contribution in [2.24, 2.45) is 5.41 Å². The molecule has 2 heterocycles. The van der Waals surface area contributed by atoms with Crippen LogP contribution in [0, 0.1) is 5.41 Å². The van der Waals surface area contributed by atoms with Gasteiger partial charge in [-0.15, -0.1) is 0 Å². The molecule has 1 N–H and O–H groups in total. The Morgan fingerprint density at radius 1 is 1.45 bits per heavy atom. The second-order valence-electron chi connectivity index (χ2n) is 6.54. The Morgan fingerprint density at radius 2 is 2.14 bits per heavy atom. The van der Waals surface area contributed by atoms with Crippen molar-refractivity contribution in [1.82, 2.24) is 9.29 Å². The average Bonchev–Trinajstić information content (AvgIpc) is 2.80. The van der Waals surface area contributed by atoms with E-state index < -0.39 is 22.7 Å². The lowest BCUT2D eigenvalue weighted by Gasteiger charge is -2.31. The van der Waals surface area contributed by atoms with Gasteiger partial charge in [-0.1, -0.05) is 26.8 Å². The number of hydrogen-bond donors (Lipinski definition) is 1. The molecular formula is C14H21N3O4S. The Kier molecular flexibility index (Phi) is 4.44. The maximum Gasteiger partial charge on any atom is 0.318 e. The number of hydrogen-bond acceptors (Lipinski definition) is 4. The number of anilines is 1. The molecule has 0 saturated carbocycles. The Morgan fingerprint density at radius 3 is 2.73 bits per heavy atom. The van der Waals surface area contributed by atoms with Crippen molar-refractivity contribution >= 4 is 22.0 Å². The smallest absolute Gasteiger partial charge is 0.318 e. The molecule has 8 heteroatoms. The summed E-state index contributed by atoms with van der Waals surface area (Å²) >= 11 is 0. The molecule has 0 spiro atoms. The minimum atomic E-state index is -3.92. The number of aromatic nitrogens is 1. The maximum absolute atomic E-state index is 12.9. The number of pyridine rings is 1. The van der Waals surface area contributed by atoms with Gasteiger partial charge in [-0.05, 0) is 23.5 Å². The number of carboxylic acids is 1. The van der Waals surface area contributed by atoms with Gasteiger partial charge in [-0.3, -0.25) is 4.79 Å². The lowest BCUT2D eigenvalue weighted by atomic mass is 9.97. The van der Waals surface area contributed by atoms with Gasteiger partial charge >= 0.3 is 16.2 Å². The van der Waals surface area contributed by atoms with Crippen LogP contribution in [0.4, 0.5) is 5.82 Å². The monoisotopic (exact) mass is 327 g/mol. The number of nitrogens with zero attached hydrogens (tertiary/aromatic N) is 3. The lowest BCUT2D eigenvalue weighted by molar-refractivity contribution is -0.137. The van der Waals surface area contributed by atoms with Crippen LogP contribution in [0.3, 0.4) is 0 Å². The van der Waals surface area contributed by atoms with E-state index in [2.05, 4.69) is 4.98 Å². The lowest BCUT2D eigenvalue weighted by Crippen LogP contribution is -2.48. The maximum atomic E-state index is 12.9. The summed E-state index contributed by atoms with van der Waals surface area (Å²) in [6.07, 6.45) is 2.12. The predicted molar refractivity (Wildman–Crippen MR) is 82.9 cm³/mol. The Balaban J connectivity index is 2.36. The van der Waals surface area contributed by atoms with E-state index in [-0.39, 0.29) is 18.5 Å². The Hall–Kier alpha value is -1.67. The van der Waals surface area contributed by atoms with E-state index in [9.17, 15) is 13.2 Å². The zero-order chi connectivity index (χ0) is 16.5. The van der Waals surface area contributed by atoms with Gasteiger partial charge in [0, 0.05) is 19.3 Å². The molecule has 0 aliphatic carbocycles. The zero-order valence-electron chi connectivity index (χ0n) is 13.0. The van der Waals surface area contributed by atoms with Gasteiger partial charge in [0.15, 0.2) is 0 Å². The fourth-order valence-corrected chi connectivity index (χ4v) is 4.25. The predicted octanol–water partition coefficient (Wildman–Crippen LogP) is 1.12. The molecule has 0 atom stereocenters. The summed E-state index contributed by atoms with van der Waals surface area (Å²) in [6, 6.07) is 3.60. The standard InChI is InChI=1S/C14H21N3O4S/c1-14(2,3)10-16(9-12(18)19)22(20,21)17-8-6-11-5-4-7-15-13(11)17/h4-5,7H,6,8-10H2,1-3H3,(H,18,19). The molecule has 0 unspecified atom stereocenters. The van der Waals surface area contributed by atoms with Gasteiger partial charge in [0.25, 0.3) is 0 Å². The van der Waals surface area contributed by atoms with Crippen LogP contribution in [0.5, 0.6) is 0 Å². The first-order valence-corrected chi connectivity index (χ1v) is 8.44. The second kappa shape index (κ2) is 5.85. The molecule has 2 rings (SSSR count). The molecule has 1 aromatic rings. The molecule has 1 aromatic heterocycles. The third kappa shape index (κ3) is 3.56. The van der Waals surface area contributed by atoms with Gasteiger partial charge < -0.3 is 5.11 Å². The van der Waals surface area contributed by atoms with Gasteiger partial charge in [-0.25, -0.2) is 9.29 Å². The number of carbonyl (C=O) groups is 1. The molecule has 122 valence electrons. The molecule has 0 saturated heterocycles. The number of aliphatic carboxylic acids is 1. The molecule has 0 fully saturated rings. The highest BCUT2D eigenvalue weighted by atomic mass is 32.2. The Bertz CT molecular complexity index is 667. The summed E-state index contributed by atoms with van der Waals surface area (Å²) in [7, 11) is -3.92. The average molecular weight is 327 g/mol. The SMILES string of the molecule is CC(C)(C)CN(CC(=O)O)S(=O)(=O)N1CCc2cccnc21. The van der Waals surface area contributed by atoms with Crippen LogP contribution in [0.15, 0.2) is 18.3 Å². The molecule has 22 heavy (non-hydrogen) atoms. The van der Waals surface area contributed by atoms with E-state index in [1.807, 2.05) is 26.8 Å². The third-order valence-corrected chi connectivity index (χ3v) is 5.08. The second-order valence-corrected chi connectivity index (χ2v) is 8.39. The van der Waals surface area contributed by atoms with E-state index in [4.69, 9.17) is 5.11 Å². The van der Waals surface area contributed by atoms with Crippen molar-refractivity contribution in [2.75, 3.05) is 23.9 Å². The van der Waals surface area contributed by atoms with Crippen LogP contribution in [-0.4, -0.2) is 48.4 Å². The van der Waals surface area contributed by atoms with E-state index >= 15 is 0 Å². The van der Waals surface area contributed by atoms with E-state index in [1.165, 1.54) is 10.5 Å². The highest BCUT2D eigenvalue weighted by molar-refractivity contribution is 7.90. The molecule has 0 radical (unpaired) electrons. The van der Waals surface area contributed by atoms with Crippen molar-refractivity contribution in [3.8, 4) is 0 Å². The molecule has 1 aliphatic rings. The van der Waals surface area contributed by atoms with Crippen LogP contribution >= 0.6 is 0 Å². The van der Waals surface area contributed by atoms with Crippen molar-refractivity contribution < 1.29 is 18.3 Å². The van der Waals surface area contributed by atoms with Crippen LogP contribution in [-0.2, 0) is 21.4 Å². The van der Waals surface area contributed by atoms with Gasteiger partial charge in [0.05, 0.1) is 0 Å². The fourth-order valence-electron chi connectivity index (χ4n) is 2.44. The van der Waals surface area contributed by atoms with Crippen molar-refractivity contribution in [2.45, 2.75) is 27.2 Å². The quantitative estimate of drug-likeness (QED) is 0.875. The summed E-state index contributed by atoms with van der Waals surface area (Å²) in [5, 5.41) is 9.04. The molecule has 0 bridgehead atoms. The minimum absolute atomic E-state index is 0.125. The number of carboxylic acid groups (broad SMARTS) is 1. The zero-order valence-corrected chi connectivity index (χ0v) is 13.8. The van der Waals surface area contributed by atoms with E-state index in [0.29, 0.717) is 12.2 Å². The molecule has 7 nitrogen and oxygen atoms in total. The van der Waals surface area contributed by atoms with E-state index in [1.54, 1.807) is 6.07 Å². The normalized spacial score (nSPS) is 15.2. The third-order valence-electron chi connectivity index (χ3n) is 3.26. The topological polar surface area (TPSA) is 90.8 Å². The fraction of sp³-hybridized carbons (Fsp3) is 0.571. The first-order valence-electron chi connectivity index (χ1n) is 7.05. The van der Waals surface area contributed by atoms with Gasteiger partial charge in [0.1, 0.15) is 12.4 Å². The first kappa shape index (κ1) is 16.7. The molecular weight excluding hydrogens is 306 g/mol. The van der Waals surface area contributed by atoms with Crippen molar-refractivity contribution in [1.29, 1.82) is 0 Å². The minimum Gasteiger partial charge on any atom is -0.480 e. The van der Waals surface area contributed by atoms with Crippen molar-refractivity contribution in [3.05, 3.63) is 23.9 Å². The van der Waals surface area contributed by atoms with Crippen LogP contribution in [0.1, 0.15) is 26.3 Å². The Labute approximate surface area is 130 Å². The highest BCUT2D eigenvalue weighted by Gasteiger charge is 2.37. The molecule has 0 aromatic carbocycles. The van der Waals surface area contributed by atoms with Crippen molar-refractivity contribution in [3.63, 3.8) is 0 Å². The summed E-state index contributed by atoms with van der Waals surface area (Å²) in [5.74, 6) is -0.778. The molecule has 1 aliphatic heterocycles. The summed E-state index contributed by atoms with van der Waals surface area (Å²) < 4.78 is 27.9. The van der Waals surface area contributed by atoms with Crippen LogP contribution in [0.25, 0.3) is 0 Å². The first-order chi connectivity index (χ1) is 10.1. The van der Waals surface area contributed by atoms with Gasteiger partial charge in [-0.2, -0.15) is 12.7 Å². The van der Waals surface area contributed by atoms with Crippen LogP contribution < -0.4 is 4.31 Å².